The van der Waals surface area contributed by atoms with E-state index >= 15 is 0 Å². The van der Waals surface area contributed by atoms with Gasteiger partial charge in [-0.2, -0.15) is 0 Å². The highest BCUT2D eigenvalue weighted by Crippen LogP contribution is 2.50. The van der Waals surface area contributed by atoms with Gasteiger partial charge in [0, 0.05) is 0 Å². The fraction of sp³-hybridized carbons (Fsp3) is 0.500. The van der Waals surface area contributed by atoms with E-state index in [9.17, 15) is 14.7 Å². The molecule has 0 spiro atoms. The predicted molar refractivity (Wildman–Crippen MR) is 83.0 cm³/mol. The number of carboxylic acid groups (broad SMARTS) is 1. The summed E-state index contributed by atoms with van der Waals surface area (Å²) >= 11 is 0. The second kappa shape index (κ2) is 5.98. The summed E-state index contributed by atoms with van der Waals surface area (Å²) in [6.07, 6.45) is -0.188. The summed E-state index contributed by atoms with van der Waals surface area (Å²) in [5.74, 6) is -1.51. The number of carboxylic acids is 1. The number of carbonyl (C=O) groups is 2. The van der Waals surface area contributed by atoms with Crippen molar-refractivity contribution in [2.75, 3.05) is 12.4 Å². The zero-order valence-electron chi connectivity index (χ0n) is 13.5. The lowest BCUT2D eigenvalue weighted by Gasteiger charge is -2.20. The summed E-state index contributed by atoms with van der Waals surface area (Å²) in [6.45, 7) is 5.18. The van der Waals surface area contributed by atoms with Crippen LogP contribution in [-0.2, 0) is 9.53 Å². The molecule has 7 heteroatoms. The number of hydrogen-bond acceptors (Lipinski definition) is 5. The van der Waals surface area contributed by atoms with Crippen LogP contribution in [0.4, 0.5) is 10.5 Å². The molecule has 23 heavy (non-hydrogen) atoms. The fourth-order valence-corrected chi connectivity index (χ4v) is 2.34. The molecule has 0 unspecified atom stereocenters. The van der Waals surface area contributed by atoms with Gasteiger partial charge in [-0.05, 0) is 50.8 Å². The third-order valence-electron chi connectivity index (χ3n) is 3.49. The number of aromatic hydroxyl groups is 1. The number of amides is 1. The van der Waals surface area contributed by atoms with Crippen LogP contribution in [0.15, 0.2) is 12.1 Å². The van der Waals surface area contributed by atoms with Crippen molar-refractivity contribution in [1.29, 1.82) is 0 Å². The lowest BCUT2D eigenvalue weighted by Crippen LogP contribution is -2.27. The topological polar surface area (TPSA) is 105 Å². The molecule has 1 aliphatic carbocycles. The number of ether oxygens (including phenoxy) is 2. The molecule has 1 amide bonds. The van der Waals surface area contributed by atoms with E-state index in [4.69, 9.17) is 14.6 Å². The lowest BCUT2D eigenvalue weighted by atomic mass is 10.1. The zero-order valence-corrected chi connectivity index (χ0v) is 13.5. The smallest absolute Gasteiger partial charge is 0.412 e. The van der Waals surface area contributed by atoms with Crippen molar-refractivity contribution in [2.24, 2.45) is 5.92 Å². The number of anilines is 1. The molecule has 0 aromatic heterocycles. The standard InChI is InChI=1S/C16H21NO6/c1-16(2,3)23-15(21)17-11-5-8(6-12(22-4)13(11)18)9-7-10(9)14(19)20/h5-6,9-10,18H,7H2,1-4H3,(H,17,21)(H,19,20)/t9-,10+/m0/s1. The van der Waals surface area contributed by atoms with Gasteiger partial charge in [0.05, 0.1) is 18.7 Å². The van der Waals surface area contributed by atoms with Crippen LogP contribution in [0.1, 0.15) is 38.7 Å². The number of phenolic OH excluding ortho intramolecular Hbond substituents is 1. The SMILES string of the molecule is COc1cc([C@@H]2C[C@H]2C(=O)O)cc(NC(=O)OC(C)(C)C)c1O. The zero-order chi connectivity index (χ0) is 17.4. The Labute approximate surface area is 134 Å². The van der Waals surface area contributed by atoms with Gasteiger partial charge in [0.15, 0.2) is 11.5 Å². The first-order valence-electron chi connectivity index (χ1n) is 7.26. The minimum absolute atomic E-state index is 0.129. The molecule has 1 aromatic carbocycles. The summed E-state index contributed by atoms with van der Waals surface area (Å²) in [4.78, 5) is 22.9. The summed E-state index contributed by atoms with van der Waals surface area (Å²) in [7, 11) is 1.39. The molecule has 3 N–H and O–H groups in total. The predicted octanol–water partition coefficient (Wildman–Crippen LogP) is 2.94. The van der Waals surface area contributed by atoms with Gasteiger partial charge >= 0.3 is 12.1 Å². The molecule has 0 aliphatic heterocycles. The van der Waals surface area contributed by atoms with Crippen LogP contribution in [0, 0.1) is 5.92 Å². The van der Waals surface area contributed by atoms with Gasteiger partial charge < -0.3 is 19.7 Å². The third-order valence-corrected chi connectivity index (χ3v) is 3.49. The van der Waals surface area contributed by atoms with Crippen LogP contribution in [0.5, 0.6) is 11.5 Å². The monoisotopic (exact) mass is 323 g/mol. The molecule has 2 rings (SSSR count). The minimum Gasteiger partial charge on any atom is -0.503 e. The van der Waals surface area contributed by atoms with Crippen molar-refractivity contribution >= 4 is 17.7 Å². The molecule has 126 valence electrons. The maximum Gasteiger partial charge on any atom is 0.412 e. The Kier molecular flexibility index (Phi) is 4.40. The first kappa shape index (κ1) is 16.9. The Balaban J connectivity index is 2.25. The Morgan fingerprint density at radius 3 is 2.43 bits per heavy atom. The Morgan fingerprint density at radius 1 is 1.30 bits per heavy atom. The molecule has 1 aliphatic rings. The Bertz CT molecular complexity index is 634. The fourth-order valence-electron chi connectivity index (χ4n) is 2.34. The lowest BCUT2D eigenvalue weighted by molar-refractivity contribution is -0.138. The number of carbonyl (C=O) groups excluding carboxylic acids is 1. The van der Waals surface area contributed by atoms with Gasteiger partial charge in [-0.3, -0.25) is 10.1 Å². The normalized spacial score (nSPS) is 19.8. The molecule has 1 aromatic rings. The van der Waals surface area contributed by atoms with Crippen molar-refractivity contribution < 1.29 is 29.3 Å². The molecule has 0 saturated heterocycles. The largest absolute Gasteiger partial charge is 0.503 e. The van der Waals surface area contributed by atoms with Crippen molar-refractivity contribution in [3.8, 4) is 11.5 Å². The van der Waals surface area contributed by atoms with Crippen LogP contribution < -0.4 is 10.1 Å². The van der Waals surface area contributed by atoms with E-state index in [1.807, 2.05) is 0 Å². The molecule has 0 heterocycles. The van der Waals surface area contributed by atoms with Crippen LogP contribution in [0.2, 0.25) is 0 Å². The van der Waals surface area contributed by atoms with E-state index in [1.165, 1.54) is 7.11 Å². The average molecular weight is 323 g/mol. The maximum atomic E-state index is 11.9. The first-order valence-corrected chi connectivity index (χ1v) is 7.26. The average Bonchev–Trinajstić information content (AvgIpc) is 3.19. The van der Waals surface area contributed by atoms with E-state index < -0.39 is 23.6 Å². The first-order chi connectivity index (χ1) is 10.6. The molecule has 1 fully saturated rings. The van der Waals surface area contributed by atoms with Gasteiger partial charge in [0.25, 0.3) is 0 Å². The third kappa shape index (κ3) is 4.06. The van der Waals surface area contributed by atoms with E-state index in [0.717, 1.165) is 0 Å². The van der Waals surface area contributed by atoms with Crippen LogP contribution in [-0.4, -0.2) is 35.0 Å². The number of benzene rings is 1. The summed E-state index contributed by atoms with van der Waals surface area (Å²) in [5, 5.41) is 21.6. The van der Waals surface area contributed by atoms with Gasteiger partial charge in [0.2, 0.25) is 0 Å². The van der Waals surface area contributed by atoms with E-state index in [0.29, 0.717) is 12.0 Å². The second-order valence-electron chi connectivity index (χ2n) is 6.53. The Morgan fingerprint density at radius 2 is 1.96 bits per heavy atom. The van der Waals surface area contributed by atoms with Crippen molar-refractivity contribution in [2.45, 2.75) is 38.7 Å². The van der Waals surface area contributed by atoms with Crippen LogP contribution >= 0.6 is 0 Å². The minimum atomic E-state index is -0.858. The number of hydrogen-bond donors (Lipinski definition) is 3. The quantitative estimate of drug-likeness (QED) is 0.736. The molecule has 1 saturated carbocycles. The Hall–Kier alpha value is -2.44. The number of rotatable bonds is 4. The van der Waals surface area contributed by atoms with Gasteiger partial charge in [0.1, 0.15) is 5.60 Å². The summed E-state index contributed by atoms with van der Waals surface area (Å²) in [6, 6.07) is 3.14. The highest BCUT2D eigenvalue weighted by molar-refractivity contribution is 5.88. The number of methoxy groups -OCH3 is 1. The van der Waals surface area contributed by atoms with E-state index in [2.05, 4.69) is 5.32 Å². The van der Waals surface area contributed by atoms with E-state index in [-0.39, 0.29) is 23.1 Å². The van der Waals surface area contributed by atoms with Gasteiger partial charge in [-0.1, -0.05) is 0 Å². The van der Waals surface area contributed by atoms with Crippen molar-refractivity contribution in [3.63, 3.8) is 0 Å². The molecule has 2 atom stereocenters. The van der Waals surface area contributed by atoms with E-state index in [1.54, 1.807) is 32.9 Å². The van der Waals surface area contributed by atoms with Crippen molar-refractivity contribution in [1.82, 2.24) is 0 Å². The number of aliphatic carboxylic acids is 1. The highest BCUT2D eigenvalue weighted by Gasteiger charge is 2.44. The molecule has 0 radical (unpaired) electrons. The molecular weight excluding hydrogens is 302 g/mol. The van der Waals surface area contributed by atoms with Crippen molar-refractivity contribution in [3.05, 3.63) is 17.7 Å². The number of nitrogens with one attached hydrogen (secondary N) is 1. The highest BCUT2D eigenvalue weighted by atomic mass is 16.6. The molecule has 0 bridgehead atoms. The summed E-state index contributed by atoms with van der Waals surface area (Å²) < 4.78 is 10.2. The van der Waals surface area contributed by atoms with Crippen LogP contribution in [0.25, 0.3) is 0 Å². The second-order valence-corrected chi connectivity index (χ2v) is 6.53. The molecular formula is C16H21NO6. The van der Waals surface area contributed by atoms with Gasteiger partial charge in [-0.15, -0.1) is 0 Å². The summed E-state index contributed by atoms with van der Waals surface area (Å²) in [5.41, 5.74) is 0.148. The number of phenols is 1. The molecule has 7 nitrogen and oxygen atoms in total. The van der Waals surface area contributed by atoms with Gasteiger partial charge in [-0.25, -0.2) is 4.79 Å². The maximum absolute atomic E-state index is 11.9. The van der Waals surface area contributed by atoms with Crippen LogP contribution in [0.3, 0.4) is 0 Å².